The van der Waals surface area contributed by atoms with Crippen molar-refractivity contribution in [2.75, 3.05) is 0 Å². The Labute approximate surface area is 148 Å². The molecule has 0 N–H and O–H groups in total. The van der Waals surface area contributed by atoms with Crippen LogP contribution in [0.15, 0.2) is 33.1 Å². The van der Waals surface area contributed by atoms with E-state index in [2.05, 4.69) is 21.5 Å². The Morgan fingerprint density at radius 1 is 0.960 bits per heavy atom. The van der Waals surface area contributed by atoms with Gasteiger partial charge in [-0.05, 0) is 49.6 Å². The Bertz CT molecular complexity index is 971. The van der Waals surface area contributed by atoms with Gasteiger partial charge in [-0.3, -0.25) is 0 Å². The van der Waals surface area contributed by atoms with Crippen molar-refractivity contribution in [1.82, 2.24) is 9.36 Å². The van der Waals surface area contributed by atoms with Crippen molar-refractivity contribution in [1.29, 1.82) is 10.5 Å². The first-order valence-electron chi connectivity index (χ1n) is 7.30. The Hall–Kier alpha value is -3.42. The van der Waals surface area contributed by atoms with Crippen molar-refractivity contribution in [3.63, 3.8) is 0 Å². The molecule has 25 heavy (non-hydrogen) atoms. The molecule has 0 bridgehead atoms. The monoisotopic (exact) mass is 348 g/mol. The van der Waals surface area contributed by atoms with Crippen LogP contribution < -0.4 is 0 Å². The number of aromatic nitrogens is 2. The number of hydrogen-bond acceptors (Lipinski definition) is 7. The summed E-state index contributed by atoms with van der Waals surface area (Å²) in [4.78, 5) is 4.30. The van der Waals surface area contributed by atoms with Gasteiger partial charge in [0.05, 0.1) is 5.57 Å². The van der Waals surface area contributed by atoms with Crippen LogP contribution in [0.5, 0.6) is 0 Å². The molecule has 0 amide bonds. The number of hydrogen-bond donors (Lipinski definition) is 0. The highest BCUT2D eigenvalue weighted by atomic mass is 32.1. The van der Waals surface area contributed by atoms with E-state index in [1.807, 2.05) is 26.0 Å². The van der Waals surface area contributed by atoms with Crippen molar-refractivity contribution < 1.29 is 8.83 Å². The van der Waals surface area contributed by atoms with Crippen molar-refractivity contribution in [3.05, 3.63) is 58.1 Å². The van der Waals surface area contributed by atoms with E-state index in [1.165, 1.54) is 0 Å². The summed E-state index contributed by atoms with van der Waals surface area (Å²) in [5.74, 6) is 2.87. The van der Waals surface area contributed by atoms with Crippen molar-refractivity contribution >= 4 is 34.8 Å². The summed E-state index contributed by atoms with van der Waals surface area (Å²) in [5, 5.41) is 19.2. The normalized spacial score (nSPS) is 12.0. The third kappa shape index (κ3) is 3.74. The van der Waals surface area contributed by atoms with E-state index in [1.54, 1.807) is 24.3 Å². The molecule has 0 radical (unpaired) electrons. The molecule has 0 saturated heterocycles. The van der Waals surface area contributed by atoms with Gasteiger partial charge < -0.3 is 8.83 Å². The molecule has 3 aromatic rings. The second-order valence-corrected chi connectivity index (χ2v) is 5.91. The summed E-state index contributed by atoms with van der Waals surface area (Å²) >= 11 is 1.05. The molecule has 0 unspecified atom stereocenters. The third-order valence-corrected chi connectivity index (χ3v) is 3.98. The summed E-state index contributed by atoms with van der Waals surface area (Å²) in [6.07, 6.45) is 3.17. The van der Waals surface area contributed by atoms with Gasteiger partial charge in [-0.1, -0.05) is 0 Å². The quantitative estimate of drug-likeness (QED) is 0.645. The van der Waals surface area contributed by atoms with E-state index in [4.69, 9.17) is 8.83 Å². The van der Waals surface area contributed by atoms with Crippen LogP contribution in [-0.4, -0.2) is 9.36 Å². The van der Waals surface area contributed by atoms with Gasteiger partial charge in [-0.15, -0.1) is 0 Å². The summed E-state index contributed by atoms with van der Waals surface area (Å²) in [6, 6.07) is 11.3. The van der Waals surface area contributed by atoms with E-state index in [0.717, 1.165) is 23.1 Å². The second kappa shape index (κ2) is 7.00. The van der Waals surface area contributed by atoms with Crippen LogP contribution in [0.4, 0.5) is 0 Å². The summed E-state index contributed by atoms with van der Waals surface area (Å²) in [7, 11) is 0. The zero-order valence-electron chi connectivity index (χ0n) is 13.5. The highest BCUT2D eigenvalue weighted by Crippen LogP contribution is 2.24. The van der Waals surface area contributed by atoms with Crippen LogP contribution in [0.25, 0.3) is 23.3 Å². The van der Waals surface area contributed by atoms with Gasteiger partial charge in [-0.2, -0.15) is 14.9 Å². The predicted octanol–water partition coefficient (Wildman–Crippen LogP) is 4.47. The lowest BCUT2D eigenvalue weighted by Crippen LogP contribution is -1.86. The average molecular weight is 348 g/mol. The zero-order valence-corrected chi connectivity index (χ0v) is 14.3. The molecule has 3 rings (SSSR count). The first-order valence-corrected chi connectivity index (χ1v) is 8.07. The van der Waals surface area contributed by atoms with E-state index in [-0.39, 0.29) is 11.4 Å². The Balaban J connectivity index is 1.93. The van der Waals surface area contributed by atoms with Gasteiger partial charge in [-0.25, -0.2) is 4.98 Å². The SMILES string of the molecule is Cc1ccc(/C=C(\C#N)c2nsc(/C(C#N)=C/c3ccc(C)o3)n2)o1. The molecular formula is C18H12N4O2S. The number of nitrogens with zero attached hydrogens (tertiary/aromatic N) is 4. The Kier molecular flexibility index (Phi) is 4.60. The van der Waals surface area contributed by atoms with E-state index < -0.39 is 0 Å². The van der Waals surface area contributed by atoms with Gasteiger partial charge in [0.25, 0.3) is 0 Å². The van der Waals surface area contributed by atoms with E-state index in [9.17, 15) is 10.5 Å². The third-order valence-electron chi connectivity index (χ3n) is 3.23. The molecule has 0 saturated carbocycles. The lowest BCUT2D eigenvalue weighted by Gasteiger charge is -1.92. The maximum Gasteiger partial charge on any atom is 0.184 e. The van der Waals surface area contributed by atoms with Gasteiger partial charge in [0.2, 0.25) is 0 Å². The molecule has 0 aromatic carbocycles. The maximum absolute atomic E-state index is 9.37. The second-order valence-electron chi connectivity index (χ2n) is 5.16. The van der Waals surface area contributed by atoms with Crippen molar-refractivity contribution in [3.8, 4) is 12.1 Å². The fourth-order valence-corrected chi connectivity index (χ4v) is 2.72. The van der Waals surface area contributed by atoms with Crippen LogP contribution in [0.1, 0.15) is 33.9 Å². The highest BCUT2D eigenvalue weighted by Gasteiger charge is 2.14. The van der Waals surface area contributed by atoms with Crippen LogP contribution >= 0.6 is 11.5 Å². The summed E-state index contributed by atoms with van der Waals surface area (Å²) < 4.78 is 15.1. The number of furan rings is 2. The topological polar surface area (TPSA) is 99.6 Å². The smallest absolute Gasteiger partial charge is 0.184 e. The number of rotatable bonds is 4. The molecule has 0 aliphatic heterocycles. The lowest BCUT2D eigenvalue weighted by molar-refractivity contribution is 0.525. The largest absolute Gasteiger partial charge is 0.462 e. The standard InChI is InChI=1S/C18H12N4O2S/c1-11-3-5-15(23-11)7-13(9-19)17-21-18(25-22-17)14(10-20)8-16-6-4-12(2)24-16/h3-8H,1-2H3/b13-7+,14-8+. The fraction of sp³-hybridized carbons (Fsp3) is 0.111. The number of allylic oxidation sites excluding steroid dienone is 2. The zero-order chi connectivity index (χ0) is 17.8. The number of nitriles is 2. The minimum atomic E-state index is 0.258. The summed E-state index contributed by atoms with van der Waals surface area (Å²) in [5.41, 5.74) is 0.590. The van der Waals surface area contributed by atoms with Crippen molar-refractivity contribution in [2.45, 2.75) is 13.8 Å². The minimum absolute atomic E-state index is 0.258. The molecule has 7 heteroatoms. The van der Waals surface area contributed by atoms with Crippen LogP contribution in [0.2, 0.25) is 0 Å². The highest BCUT2D eigenvalue weighted by molar-refractivity contribution is 7.06. The lowest BCUT2D eigenvalue weighted by atomic mass is 10.2. The Morgan fingerprint density at radius 2 is 1.52 bits per heavy atom. The molecule has 0 spiro atoms. The molecular weight excluding hydrogens is 336 g/mol. The van der Waals surface area contributed by atoms with Gasteiger partial charge in [0.1, 0.15) is 40.8 Å². The molecule has 0 aliphatic carbocycles. The molecule has 6 nitrogen and oxygen atoms in total. The van der Waals surface area contributed by atoms with Gasteiger partial charge >= 0.3 is 0 Å². The molecule has 122 valence electrons. The minimum Gasteiger partial charge on any atom is -0.462 e. The summed E-state index contributed by atoms with van der Waals surface area (Å²) in [6.45, 7) is 3.65. The average Bonchev–Trinajstić information content (AvgIpc) is 3.32. The van der Waals surface area contributed by atoms with Gasteiger partial charge in [0.15, 0.2) is 10.8 Å². The maximum atomic E-state index is 9.37. The van der Waals surface area contributed by atoms with Crippen LogP contribution in [0, 0.1) is 36.5 Å². The van der Waals surface area contributed by atoms with Crippen LogP contribution in [0.3, 0.4) is 0 Å². The van der Waals surface area contributed by atoms with Gasteiger partial charge in [0, 0.05) is 12.2 Å². The molecule has 0 fully saturated rings. The fourth-order valence-electron chi connectivity index (χ4n) is 2.08. The Morgan fingerprint density at radius 3 is 2.00 bits per heavy atom. The molecule has 3 heterocycles. The first kappa shape index (κ1) is 16.4. The molecule has 0 atom stereocenters. The number of aryl methyl sites for hydroxylation is 2. The van der Waals surface area contributed by atoms with Crippen LogP contribution in [-0.2, 0) is 0 Å². The first-order chi connectivity index (χ1) is 12.1. The molecule has 0 aliphatic rings. The van der Waals surface area contributed by atoms with E-state index >= 15 is 0 Å². The predicted molar refractivity (Wildman–Crippen MR) is 93.8 cm³/mol. The molecule has 3 aromatic heterocycles. The van der Waals surface area contributed by atoms with E-state index in [0.29, 0.717) is 22.1 Å². The van der Waals surface area contributed by atoms with Crippen molar-refractivity contribution in [2.24, 2.45) is 0 Å².